The zero-order valence-electron chi connectivity index (χ0n) is 14.4. The second-order valence-corrected chi connectivity index (χ2v) is 7.11. The molecule has 0 aliphatic carbocycles. The molecule has 0 saturated heterocycles. The quantitative estimate of drug-likeness (QED) is 0.484. The molecule has 0 bridgehead atoms. The van der Waals surface area contributed by atoms with Gasteiger partial charge < -0.3 is 11.2 Å². The van der Waals surface area contributed by atoms with Gasteiger partial charge in [0.05, 0.1) is 17.4 Å². The molecular formula is C18H17ClFN5OS. The fourth-order valence-electron chi connectivity index (χ4n) is 2.52. The van der Waals surface area contributed by atoms with Gasteiger partial charge in [-0.15, -0.1) is 10.2 Å². The van der Waals surface area contributed by atoms with Crippen LogP contribution in [0.3, 0.4) is 0 Å². The number of carbonyl (C=O) groups excluding carboxylic acids is 1. The van der Waals surface area contributed by atoms with E-state index in [2.05, 4.69) is 15.5 Å². The van der Waals surface area contributed by atoms with Crippen molar-refractivity contribution >= 4 is 29.3 Å². The lowest BCUT2D eigenvalue weighted by Gasteiger charge is -2.15. The third kappa shape index (κ3) is 4.40. The first kappa shape index (κ1) is 19.2. The molecule has 0 aliphatic heterocycles. The molecule has 9 heteroatoms. The lowest BCUT2D eigenvalue weighted by atomic mass is 10.1. The number of nitrogens with zero attached hydrogens (tertiary/aromatic N) is 3. The number of thioether (sulfide) groups is 1. The predicted octanol–water partition coefficient (Wildman–Crippen LogP) is 3.42. The molecule has 6 nitrogen and oxygen atoms in total. The van der Waals surface area contributed by atoms with Crippen LogP contribution in [-0.4, -0.2) is 26.5 Å². The number of nitrogens with two attached hydrogens (primary N) is 1. The zero-order valence-corrected chi connectivity index (χ0v) is 16.0. The number of halogens is 2. The highest BCUT2D eigenvalue weighted by atomic mass is 35.5. The molecule has 0 radical (unpaired) electrons. The summed E-state index contributed by atoms with van der Waals surface area (Å²) in [6.45, 7) is 1.85. The first-order valence-electron chi connectivity index (χ1n) is 8.09. The van der Waals surface area contributed by atoms with Crippen molar-refractivity contribution in [2.75, 3.05) is 11.6 Å². The first-order valence-corrected chi connectivity index (χ1v) is 9.45. The van der Waals surface area contributed by atoms with E-state index < -0.39 is 5.82 Å². The van der Waals surface area contributed by atoms with E-state index >= 15 is 0 Å². The number of benzene rings is 2. The normalized spacial score (nSPS) is 12.0. The topological polar surface area (TPSA) is 85.8 Å². The molecule has 3 rings (SSSR count). The SMILES string of the molecule is CC(NC(=O)CSc1nnc(-c2ccccc2F)n1N)c1ccccc1Cl. The van der Waals surface area contributed by atoms with Gasteiger partial charge in [-0.25, -0.2) is 9.07 Å². The van der Waals surface area contributed by atoms with Crippen LogP contribution >= 0.6 is 23.4 Å². The number of nitrogen functional groups attached to an aromatic ring is 1. The Morgan fingerprint density at radius 2 is 1.96 bits per heavy atom. The van der Waals surface area contributed by atoms with Crippen molar-refractivity contribution < 1.29 is 9.18 Å². The van der Waals surface area contributed by atoms with Crippen LogP contribution in [0.1, 0.15) is 18.5 Å². The highest BCUT2D eigenvalue weighted by Gasteiger charge is 2.17. The summed E-state index contributed by atoms with van der Waals surface area (Å²) in [6.07, 6.45) is 0. The van der Waals surface area contributed by atoms with Gasteiger partial charge in [-0.1, -0.05) is 53.7 Å². The van der Waals surface area contributed by atoms with Crippen LogP contribution in [0, 0.1) is 5.82 Å². The molecule has 1 aromatic heterocycles. The Hall–Kier alpha value is -2.58. The Labute approximate surface area is 164 Å². The largest absolute Gasteiger partial charge is 0.349 e. The Balaban J connectivity index is 1.63. The van der Waals surface area contributed by atoms with E-state index in [1.54, 1.807) is 24.3 Å². The summed E-state index contributed by atoms with van der Waals surface area (Å²) in [4.78, 5) is 12.2. The minimum absolute atomic E-state index is 0.0847. The van der Waals surface area contributed by atoms with Gasteiger partial charge in [0.15, 0.2) is 5.82 Å². The van der Waals surface area contributed by atoms with E-state index in [1.807, 2.05) is 25.1 Å². The molecule has 0 fully saturated rings. The monoisotopic (exact) mass is 405 g/mol. The Morgan fingerprint density at radius 3 is 2.70 bits per heavy atom. The summed E-state index contributed by atoms with van der Waals surface area (Å²) in [7, 11) is 0. The number of nitrogens with one attached hydrogen (secondary N) is 1. The lowest BCUT2D eigenvalue weighted by molar-refractivity contribution is -0.119. The minimum Gasteiger partial charge on any atom is -0.349 e. The molecule has 2 aromatic carbocycles. The molecular weight excluding hydrogens is 389 g/mol. The number of hydrogen-bond donors (Lipinski definition) is 2. The van der Waals surface area contributed by atoms with Crippen LogP contribution in [0.25, 0.3) is 11.4 Å². The molecule has 1 atom stereocenters. The van der Waals surface area contributed by atoms with E-state index in [0.717, 1.165) is 17.3 Å². The van der Waals surface area contributed by atoms with Gasteiger partial charge in [0.2, 0.25) is 11.1 Å². The van der Waals surface area contributed by atoms with Crippen molar-refractivity contribution in [1.82, 2.24) is 20.2 Å². The molecule has 140 valence electrons. The van der Waals surface area contributed by atoms with Gasteiger partial charge in [0.25, 0.3) is 0 Å². The van der Waals surface area contributed by atoms with E-state index in [-0.39, 0.29) is 29.1 Å². The van der Waals surface area contributed by atoms with Gasteiger partial charge in [0.1, 0.15) is 5.82 Å². The maximum Gasteiger partial charge on any atom is 0.230 e. The summed E-state index contributed by atoms with van der Waals surface area (Å²) in [5.41, 5.74) is 1.08. The Kier molecular flexibility index (Phi) is 5.98. The number of aromatic nitrogens is 3. The predicted molar refractivity (Wildman–Crippen MR) is 104 cm³/mol. The van der Waals surface area contributed by atoms with Gasteiger partial charge >= 0.3 is 0 Å². The van der Waals surface area contributed by atoms with Gasteiger partial charge in [-0.05, 0) is 30.7 Å². The summed E-state index contributed by atoms with van der Waals surface area (Å²) >= 11 is 7.26. The van der Waals surface area contributed by atoms with Crippen LogP contribution in [-0.2, 0) is 4.79 Å². The van der Waals surface area contributed by atoms with Gasteiger partial charge in [0, 0.05) is 5.02 Å². The summed E-state index contributed by atoms with van der Waals surface area (Å²) < 4.78 is 15.1. The van der Waals surface area contributed by atoms with Crippen molar-refractivity contribution in [3.05, 3.63) is 64.9 Å². The maximum atomic E-state index is 13.9. The first-order chi connectivity index (χ1) is 13.0. The van der Waals surface area contributed by atoms with Crippen LogP contribution in [0.5, 0.6) is 0 Å². The van der Waals surface area contributed by atoms with Crippen LogP contribution in [0.4, 0.5) is 4.39 Å². The average molecular weight is 406 g/mol. The van der Waals surface area contributed by atoms with Gasteiger partial charge in [-0.2, -0.15) is 0 Å². The van der Waals surface area contributed by atoms with Crippen LogP contribution < -0.4 is 11.2 Å². The van der Waals surface area contributed by atoms with Crippen molar-refractivity contribution in [1.29, 1.82) is 0 Å². The van der Waals surface area contributed by atoms with Crippen LogP contribution in [0.2, 0.25) is 5.02 Å². The molecule has 0 saturated carbocycles. The Morgan fingerprint density at radius 1 is 1.26 bits per heavy atom. The smallest absolute Gasteiger partial charge is 0.230 e. The molecule has 3 aromatic rings. The molecule has 1 amide bonds. The summed E-state index contributed by atoms with van der Waals surface area (Å²) in [6, 6.07) is 13.2. The van der Waals surface area contributed by atoms with Crippen LogP contribution in [0.15, 0.2) is 53.7 Å². The highest BCUT2D eigenvalue weighted by molar-refractivity contribution is 7.99. The molecule has 0 spiro atoms. The number of carbonyl (C=O) groups is 1. The van der Waals surface area contributed by atoms with Crippen molar-refractivity contribution in [2.24, 2.45) is 0 Å². The van der Waals surface area contributed by atoms with Crippen molar-refractivity contribution in [3.63, 3.8) is 0 Å². The van der Waals surface area contributed by atoms with Crippen molar-refractivity contribution in [3.8, 4) is 11.4 Å². The van der Waals surface area contributed by atoms with E-state index in [1.165, 1.54) is 10.7 Å². The number of rotatable bonds is 6. The molecule has 27 heavy (non-hydrogen) atoms. The minimum atomic E-state index is -0.445. The lowest BCUT2D eigenvalue weighted by Crippen LogP contribution is -2.28. The third-order valence-corrected chi connectivity index (χ3v) is 5.15. The summed E-state index contributed by atoms with van der Waals surface area (Å²) in [5, 5.41) is 11.6. The van der Waals surface area contributed by atoms with Gasteiger partial charge in [-0.3, -0.25) is 4.79 Å². The second kappa shape index (κ2) is 8.41. The summed E-state index contributed by atoms with van der Waals surface area (Å²) in [5.74, 6) is 5.59. The molecule has 1 unspecified atom stereocenters. The second-order valence-electron chi connectivity index (χ2n) is 5.76. The van der Waals surface area contributed by atoms with Crippen molar-refractivity contribution in [2.45, 2.75) is 18.1 Å². The fraction of sp³-hybridized carbons (Fsp3) is 0.167. The molecule has 3 N–H and O–H groups in total. The third-order valence-electron chi connectivity index (χ3n) is 3.86. The molecule has 0 aliphatic rings. The molecule has 1 heterocycles. The fourth-order valence-corrected chi connectivity index (χ4v) is 3.49. The standard InChI is InChI=1S/C18H17ClFN5OS/c1-11(12-6-2-4-8-14(12)19)22-16(26)10-27-18-24-23-17(25(18)21)13-7-3-5-9-15(13)20/h2-9,11H,10,21H2,1H3,(H,22,26). The Bertz CT molecular complexity index is 964. The maximum absolute atomic E-state index is 13.9. The number of amides is 1. The number of hydrogen-bond acceptors (Lipinski definition) is 5. The average Bonchev–Trinajstić information content (AvgIpc) is 3.01. The van der Waals surface area contributed by atoms with E-state index in [4.69, 9.17) is 17.4 Å². The highest BCUT2D eigenvalue weighted by Crippen LogP contribution is 2.25. The van der Waals surface area contributed by atoms with E-state index in [9.17, 15) is 9.18 Å². The van der Waals surface area contributed by atoms with E-state index in [0.29, 0.717) is 10.2 Å². The zero-order chi connectivity index (χ0) is 19.4.